The lowest BCUT2D eigenvalue weighted by Gasteiger charge is -2.34. The van der Waals surface area contributed by atoms with Gasteiger partial charge in [-0.25, -0.2) is 14.6 Å². The number of aromatic nitrogens is 3. The van der Waals surface area contributed by atoms with Gasteiger partial charge in [-0.2, -0.15) is 0 Å². The number of halogens is 1. The number of hydrogen-bond acceptors (Lipinski definition) is 6. The van der Waals surface area contributed by atoms with E-state index in [0.717, 1.165) is 25.8 Å². The maximum atomic E-state index is 12.6. The molecule has 1 aliphatic heterocycles. The van der Waals surface area contributed by atoms with Gasteiger partial charge in [-0.1, -0.05) is 29.8 Å². The predicted molar refractivity (Wildman–Crippen MR) is 132 cm³/mol. The zero-order chi connectivity index (χ0) is 24.2. The second-order valence-electron chi connectivity index (χ2n) is 8.02. The smallest absolute Gasteiger partial charge is 0.269 e. The molecule has 1 fully saturated rings. The Labute approximate surface area is 202 Å². The van der Waals surface area contributed by atoms with Crippen molar-refractivity contribution < 1.29 is 9.59 Å². The lowest BCUT2D eigenvalue weighted by atomic mass is 10.0. The molecular formula is C24H26ClN7O2. The van der Waals surface area contributed by atoms with Crippen molar-refractivity contribution in [1.82, 2.24) is 19.5 Å². The van der Waals surface area contributed by atoms with Crippen molar-refractivity contribution in [2.24, 2.45) is 5.73 Å². The first-order chi connectivity index (χ1) is 16.4. The third-order valence-electron chi connectivity index (χ3n) is 5.74. The number of anilines is 1. The molecule has 3 heterocycles. The molecule has 1 saturated heterocycles. The predicted octanol–water partition coefficient (Wildman–Crippen LogP) is 3.72. The van der Waals surface area contributed by atoms with Gasteiger partial charge in [0.2, 0.25) is 0 Å². The van der Waals surface area contributed by atoms with E-state index < -0.39 is 5.91 Å². The molecule has 0 bridgehead atoms. The van der Waals surface area contributed by atoms with Crippen LogP contribution >= 0.6 is 11.6 Å². The number of carbonyl (C=O) groups excluding carboxylic acids is 2. The van der Waals surface area contributed by atoms with Crippen LogP contribution in [0.25, 0.3) is 11.3 Å². The second kappa shape index (κ2) is 9.96. The van der Waals surface area contributed by atoms with Crippen molar-refractivity contribution in [3.63, 3.8) is 0 Å². The van der Waals surface area contributed by atoms with Gasteiger partial charge < -0.3 is 21.8 Å². The van der Waals surface area contributed by atoms with Crippen LogP contribution in [0.2, 0.25) is 5.02 Å². The van der Waals surface area contributed by atoms with Crippen LogP contribution in [0.1, 0.15) is 58.9 Å². The van der Waals surface area contributed by atoms with Gasteiger partial charge in [0.15, 0.2) is 11.5 Å². The van der Waals surface area contributed by atoms with Crippen molar-refractivity contribution in [1.29, 1.82) is 0 Å². The average molecular weight is 480 g/mol. The molecule has 1 aromatic carbocycles. The maximum Gasteiger partial charge on any atom is 0.269 e. The number of hydrogen-bond donors (Lipinski definition) is 3. The van der Waals surface area contributed by atoms with Crippen molar-refractivity contribution in [2.45, 2.75) is 32.2 Å². The second-order valence-corrected chi connectivity index (χ2v) is 8.46. The molecule has 0 radical (unpaired) electrons. The summed E-state index contributed by atoms with van der Waals surface area (Å²) < 4.78 is 1.30. The SMILES string of the molecule is CC=CN1CCCC[C@H]1c1nc(-c2ccc(C(=O)Nc3cc(Cl)ccn3)cc2)c(C(N)=O)n1N. The van der Waals surface area contributed by atoms with E-state index >= 15 is 0 Å². The zero-order valence-electron chi connectivity index (χ0n) is 18.7. The maximum absolute atomic E-state index is 12.6. The molecule has 10 heteroatoms. The Bertz CT molecular complexity index is 1240. The molecule has 2 aromatic heterocycles. The van der Waals surface area contributed by atoms with Crippen LogP contribution in [-0.2, 0) is 0 Å². The molecule has 3 aromatic rings. The summed E-state index contributed by atoms with van der Waals surface area (Å²) in [5.74, 6) is 6.25. The highest BCUT2D eigenvalue weighted by atomic mass is 35.5. The summed E-state index contributed by atoms with van der Waals surface area (Å²) in [5, 5.41) is 3.17. The largest absolute Gasteiger partial charge is 0.368 e. The van der Waals surface area contributed by atoms with Gasteiger partial charge in [0.25, 0.3) is 11.8 Å². The highest BCUT2D eigenvalue weighted by Crippen LogP contribution is 2.33. The molecule has 9 nitrogen and oxygen atoms in total. The summed E-state index contributed by atoms with van der Waals surface area (Å²) >= 11 is 5.95. The summed E-state index contributed by atoms with van der Waals surface area (Å²) in [6.07, 6.45) is 8.49. The van der Waals surface area contributed by atoms with E-state index in [-0.39, 0.29) is 17.6 Å². The fourth-order valence-corrected chi connectivity index (χ4v) is 4.32. The number of carbonyl (C=O) groups is 2. The molecule has 34 heavy (non-hydrogen) atoms. The Kier molecular flexibility index (Phi) is 6.83. The monoisotopic (exact) mass is 479 g/mol. The van der Waals surface area contributed by atoms with Crippen LogP contribution in [-0.4, -0.2) is 37.9 Å². The number of nitrogens with two attached hydrogens (primary N) is 2. The Morgan fingerprint density at radius 1 is 1.21 bits per heavy atom. The molecule has 0 saturated carbocycles. The van der Waals surface area contributed by atoms with Crippen LogP contribution in [0.5, 0.6) is 0 Å². The molecular weight excluding hydrogens is 454 g/mol. The molecule has 0 aliphatic carbocycles. The van der Waals surface area contributed by atoms with Crippen molar-refractivity contribution in [3.8, 4) is 11.3 Å². The van der Waals surface area contributed by atoms with E-state index in [1.165, 1.54) is 10.9 Å². The quantitative estimate of drug-likeness (QED) is 0.461. The van der Waals surface area contributed by atoms with Crippen LogP contribution < -0.4 is 16.9 Å². The molecule has 1 aliphatic rings. The summed E-state index contributed by atoms with van der Waals surface area (Å²) in [6, 6.07) is 9.83. The molecule has 5 N–H and O–H groups in total. The standard InChI is InChI=1S/C24H26ClN7O2/c1-2-12-31-13-4-3-5-18(31)23-30-20(21(22(26)33)32(23)27)15-6-8-16(9-7-15)24(34)29-19-14-17(25)10-11-28-19/h2,6-12,14,18H,3-5,13,27H2,1H3,(H2,26,33)(H,28,29,34)/t18-/m0/s1. The first kappa shape index (κ1) is 23.3. The van der Waals surface area contributed by atoms with Crippen molar-refractivity contribution >= 4 is 29.2 Å². The van der Waals surface area contributed by atoms with Gasteiger partial charge >= 0.3 is 0 Å². The summed E-state index contributed by atoms with van der Waals surface area (Å²) in [5.41, 5.74) is 7.23. The van der Waals surface area contributed by atoms with Gasteiger partial charge in [0.1, 0.15) is 11.5 Å². The topological polar surface area (TPSA) is 132 Å². The number of rotatable bonds is 6. The van der Waals surface area contributed by atoms with Crippen LogP contribution in [0.3, 0.4) is 0 Å². The van der Waals surface area contributed by atoms with E-state index in [1.54, 1.807) is 36.4 Å². The van der Waals surface area contributed by atoms with E-state index in [2.05, 4.69) is 15.2 Å². The number of amides is 2. The fourth-order valence-electron chi connectivity index (χ4n) is 4.16. The molecule has 0 spiro atoms. The lowest BCUT2D eigenvalue weighted by molar-refractivity contribution is 0.0990. The van der Waals surface area contributed by atoms with Crippen molar-refractivity contribution in [3.05, 3.63) is 77.0 Å². The lowest BCUT2D eigenvalue weighted by Crippen LogP contribution is -2.33. The Morgan fingerprint density at radius 2 is 1.97 bits per heavy atom. The van der Waals surface area contributed by atoms with E-state index in [0.29, 0.717) is 33.5 Å². The Hall–Kier alpha value is -3.85. The first-order valence-electron chi connectivity index (χ1n) is 11.0. The highest BCUT2D eigenvalue weighted by molar-refractivity contribution is 6.30. The minimum absolute atomic E-state index is 0.0583. The number of imidazole rings is 1. The van der Waals surface area contributed by atoms with Crippen LogP contribution in [0.4, 0.5) is 5.82 Å². The fraction of sp³-hybridized carbons (Fsp3) is 0.250. The first-order valence-corrected chi connectivity index (χ1v) is 11.4. The average Bonchev–Trinajstić information content (AvgIpc) is 3.17. The number of pyridine rings is 1. The van der Waals surface area contributed by atoms with Gasteiger partial charge in [-0.15, -0.1) is 0 Å². The van der Waals surface area contributed by atoms with E-state index in [4.69, 9.17) is 28.2 Å². The summed E-state index contributed by atoms with van der Waals surface area (Å²) in [4.78, 5) is 35.9. The minimum Gasteiger partial charge on any atom is -0.368 e. The Balaban J connectivity index is 1.64. The van der Waals surface area contributed by atoms with Gasteiger partial charge in [0, 0.05) is 28.9 Å². The zero-order valence-corrected chi connectivity index (χ0v) is 19.5. The third kappa shape index (κ3) is 4.74. The van der Waals surface area contributed by atoms with Gasteiger partial charge in [-0.3, -0.25) is 9.59 Å². The molecule has 0 unspecified atom stereocenters. The normalized spacial score (nSPS) is 16.1. The molecule has 2 amide bonds. The molecule has 176 valence electrons. The van der Waals surface area contributed by atoms with E-state index in [1.807, 2.05) is 19.2 Å². The number of allylic oxidation sites excluding steroid dienone is 1. The number of nitrogens with zero attached hydrogens (tertiary/aromatic N) is 4. The van der Waals surface area contributed by atoms with Crippen molar-refractivity contribution in [2.75, 3.05) is 17.7 Å². The molecule has 1 atom stereocenters. The highest BCUT2D eigenvalue weighted by Gasteiger charge is 2.30. The number of likely N-dealkylation sites (tertiary alicyclic amines) is 1. The number of benzene rings is 1. The number of piperidine rings is 1. The van der Waals surface area contributed by atoms with Crippen LogP contribution in [0, 0.1) is 0 Å². The Morgan fingerprint density at radius 3 is 2.65 bits per heavy atom. The van der Waals surface area contributed by atoms with Crippen LogP contribution in [0.15, 0.2) is 54.9 Å². The minimum atomic E-state index is -0.668. The van der Waals surface area contributed by atoms with Gasteiger partial charge in [0.05, 0.1) is 6.04 Å². The third-order valence-corrected chi connectivity index (χ3v) is 5.97. The number of nitrogen functional groups attached to an aromatic ring is 1. The number of primary amides is 1. The summed E-state index contributed by atoms with van der Waals surface area (Å²) in [6.45, 7) is 2.84. The number of nitrogens with one attached hydrogen (secondary N) is 1. The van der Waals surface area contributed by atoms with Gasteiger partial charge in [-0.05, 0) is 56.7 Å². The summed E-state index contributed by atoms with van der Waals surface area (Å²) in [7, 11) is 0. The van der Waals surface area contributed by atoms with E-state index in [9.17, 15) is 9.59 Å². The molecule has 4 rings (SSSR count).